The quantitative estimate of drug-likeness (QED) is 0.556. The van der Waals surface area contributed by atoms with Crippen molar-refractivity contribution in [2.45, 2.75) is 26.3 Å². The molecule has 0 radical (unpaired) electrons. The highest BCUT2D eigenvalue weighted by atomic mass is 16.3. The highest BCUT2D eigenvalue weighted by Crippen LogP contribution is 2.33. The van der Waals surface area contributed by atoms with E-state index in [0.29, 0.717) is 16.9 Å². The molecule has 1 aliphatic rings. The van der Waals surface area contributed by atoms with E-state index in [1.807, 2.05) is 44.2 Å². The maximum atomic E-state index is 13.1. The van der Waals surface area contributed by atoms with Crippen LogP contribution < -0.4 is 5.32 Å². The lowest BCUT2D eigenvalue weighted by molar-refractivity contribution is -0.131. The SMILES string of the molecule is Cc1ccc(C)c(C(=O)CN2C(=O)NC(C)(c3cc4ccccc4o3)C2=O)c1. The van der Waals surface area contributed by atoms with Crippen LogP contribution >= 0.6 is 0 Å². The van der Waals surface area contributed by atoms with Crippen LogP contribution in [0.2, 0.25) is 0 Å². The lowest BCUT2D eigenvalue weighted by Gasteiger charge is -2.19. The Morgan fingerprint density at radius 3 is 2.61 bits per heavy atom. The second kappa shape index (κ2) is 6.34. The van der Waals surface area contributed by atoms with E-state index in [0.717, 1.165) is 21.4 Å². The van der Waals surface area contributed by atoms with Crippen molar-refractivity contribution >= 4 is 28.7 Å². The van der Waals surface area contributed by atoms with Gasteiger partial charge in [-0.15, -0.1) is 0 Å². The van der Waals surface area contributed by atoms with Gasteiger partial charge in [-0.3, -0.25) is 14.5 Å². The maximum Gasteiger partial charge on any atom is 0.325 e. The Balaban J connectivity index is 1.63. The highest BCUT2D eigenvalue weighted by Gasteiger charge is 2.51. The number of urea groups is 1. The van der Waals surface area contributed by atoms with E-state index in [2.05, 4.69) is 5.32 Å². The summed E-state index contributed by atoms with van der Waals surface area (Å²) in [6.07, 6.45) is 0. The minimum absolute atomic E-state index is 0.279. The molecule has 1 saturated heterocycles. The third-order valence-electron chi connectivity index (χ3n) is 5.19. The molecule has 1 atom stereocenters. The Morgan fingerprint density at radius 1 is 1.11 bits per heavy atom. The summed E-state index contributed by atoms with van der Waals surface area (Å²) in [7, 11) is 0. The third-order valence-corrected chi connectivity index (χ3v) is 5.19. The van der Waals surface area contributed by atoms with Gasteiger partial charge in [-0.1, -0.05) is 35.9 Å². The van der Waals surface area contributed by atoms with Crippen molar-refractivity contribution in [2.24, 2.45) is 0 Å². The van der Waals surface area contributed by atoms with Crippen molar-refractivity contribution in [1.29, 1.82) is 0 Å². The molecule has 142 valence electrons. The van der Waals surface area contributed by atoms with Crippen LogP contribution in [0.4, 0.5) is 4.79 Å². The summed E-state index contributed by atoms with van der Waals surface area (Å²) in [5.41, 5.74) is 1.54. The first kappa shape index (κ1) is 18.0. The van der Waals surface area contributed by atoms with Crippen LogP contribution in [0.1, 0.15) is 34.2 Å². The summed E-state index contributed by atoms with van der Waals surface area (Å²) in [6.45, 7) is 5.00. The first-order valence-corrected chi connectivity index (χ1v) is 9.03. The normalized spacial score (nSPS) is 19.3. The molecule has 1 aromatic heterocycles. The number of furan rings is 1. The van der Waals surface area contributed by atoms with Gasteiger partial charge < -0.3 is 9.73 Å². The van der Waals surface area contributed by atoms with Crippen LogP contribution in [-0.4, -0.2) is 29.2 Å². The Bertz CT molecular complexity index is 1100. The van der Waals surface area contributed by atoms with E-state index in [4.69, 9.17) is 4.42 Å². The molecule has 2 heterocycles. The molecule has 1 unspecified atom stereocenters. The lowest BCUT2D eigenvalue weighted by Crippen LogP contribution is -2.41. The molecule has 1 aliphatic heterocycles. The largest absolute Gasteiger partial charge is 0.458 e. The molecule has 28 heavy (non-hydrogen) atoms. The fraction of sp³-hybridized carbons (Fsp3) is 0.227. The number of hydrogen-bond donors (Lipinski definition) is 1. The fourth-order valence-electron chi connectivity index (χ4n) is 3.50. The van der Waals surface area contributed by atoms with Crippen LogP contribution in [0, 0.1) is 13.8 Å². The number of fused-ring (bicyclic) bond motifs is 1. The van der Waals surface area contributed by atoms with Crippen LogP contribution in [0.25, 0.3) is 11.0 Å². The first-order chi connectivity index (χ1) is 13.3. The van der Waals surface area contributed by atoms with E-state index in [1.54, 1.807) is 25.1 Å². The topological polar surface area (TPSA) is 79.6 Å². The van der Waals surface area contributed by atoms with Gasteiger partial charge in [0.05, 0.1) is 6.54 Å². The number of nitrogens with zero attached hydrogens (tertiary/aromatic N) is 1. The maximum absolute atomic E-state index is 13.1. The molecule has 1 N–H and O–H groups in total. The second-order valence-corrected chi connectivity index (χ2v) is 7.34. The van der Waals surface area contributed by atoms with Gasteiger partial charge in [-0.05, 0) is 44.5 Å². The number of rotatable bonds is 4. The summed E-state index contributed by atoms with van der Waals surface area (Å²) < 4.78 is 5.80. The number of amides is 3. The zero-order valence-corrected chi connectivity index (χ0v) is 15.9. The summed E-state index contributed by atoms with van der Waals surface area (Å²) >= 11 is 0. The van der Waals surface area contributed by atoms with Gasteiger partial charge in [0.1, 0.15) is 11.3 Å². The number of ketones is 1. The number of nitrogens with one attached hydrogen (secondary N) is 1. The number of para-hydroxylation sites is 1. The monoisotopic (exact) mass is 376 g/mol. The fourth-order valence-corrected chi connectivity index (χ4v) is 3.50. The van der Waals surface area contributed by atoms with E-state index in [1.165, 1.54) is 0 Å². The van der Waals surface area contributed by atoms with Crippen LogP contribution in [0.15, 0.2) is 52.9 Å². The number of benzene rings is 2. The molecule has 0 spiro atoms. The minimum atomic E-state index is -1.35. The molecule has 3 aromatic rings. The van der Waals surface area contributed by atoms with Crippen LogP contribution in [-0.2, 0) is 10.3 Å². The molecule has 0 aliphatic carbocycles. The second-order valence-electron chi connectivity index (χ2n) is 7.34. The first-order valence-electron chi connectivity index (χ1n) is 9.03. The molecule has 0 saturated carbocycles. The van der Waals surface area contributed by atoms with Gasteiger partial charge in [0.25, 0.3) is 5.91 Å². The van der Waals surface area contributed by atoms with Crippen molar-refractivity contribution in [3.63, 3.8) is 0 Å². The zero-order chi connectivity index (χ0) is 20.1. The molecule has 6 nitrogen and oxygen atoms in total. The number of carbonyl (C=O) groups is 3. The smallest absolute Gasteiger partial charge is 0.325 e. The summed E-state index contributed by atoms with van der Waals surface area (Å²) in [5.74, 6) is -0.442. The Morgan fingerprint density at radius 2 is 1.86 bits per heavy atom. The minimum Gasteiger partial charge on any atom is -0.458 e. The van der Waals surface area contributed by atoms with Gasteiger partial charge in [0.15, 0.2) is 11.3 Å². The molecular weight excluding hydrogens is 356 g/mol. The molecule has 2 aromatic carbocycles. The number of aryl methyl sites for hydroxylation is 2. The Labute approximate surface area is 162 Å². The van der Waals surface area contributed by atoms with E-state index in [-0.39, 0.29) is 12.3 Å². The third kappa shape index (κ3) is 2.78. The Kier molecular flexibility index (Phi) is 4.07. The molecule has 3 amide bonds. The van der Waals surface area contributed by atoms with E-state index in [9.17, 15) is 14.4 Å². The van der Waals surface area contributed by atoms with Crippen molar-refractivity contribution in [1.82, 2.24) is 10.2 Å². The lowest BCUT2D eigenvalue weighted by atomic mass is 9.98. The van der Waals surface area contributed by atoms with Crippen molar-refractivity contribution in [3.05, 3.63) is 71.0 Å². The molecule has 6 heteroatoms. The number of hydrogen-bond acceptors (Lipinski definition) is 4. The van der Waals surface area contributed by atoms with Crippen LogP contribution in [0.5, 0.6) is 0 Å². The van der Waals surface area contributed by atoms with Crippen molar-refractivity contribution < 1.29 is 18.8 Å². The van der Waals surface area contributed by atoms with E-state index < -0.39 is 17.5 Å². The van der Waals surface area contributed by atoms with Gasteiger partial charge in [0.2, 0.25) is 0 Å². The summed E-state index contributed by atoms with van der Waals surface area (Å²) in [5, 5.41) is 3.52. The Hall–Kier alpha value is -3.41. The predicted molar refractivity (Wildman–Crippen MR) is 104 cm³/mol. The number of imide groups is 1. The highest BCUT2D eigenvalue weighted by molar-refractivity contribution is 6.11. The van der Waals surface area contributed by atoms with Gasteiger partial charge in [-0.2, -0.15) is 0 Å². The number of carbonyl (C=O) groups excluding carboxylic acids is 3. The van der Waals surface area contributed by atoms with Crippen molar-refractivity contribution in [3.8, 4) is 0 Å². The van der Waals surface area contributed by atoms with E-state index >= 15 is 0 Å². The zero-order valence-electron chi connectivity index (χ0n) is 15.9. The number of Topliss-reactive ketones (excluding diaryl/α,β-unsaturated/α-hetero) is 1. The summed E-state index contributed by atoms with van der Waals surface area (Å²) in [6, 6.07) is 14.0. The summed E-state index contributed by atoms with van der Waals surface area (Å²) in [4.78, 5) is 39.3. The molecule has 4 rings (SSSR count). The average Bonchev–Trinajstić information content (AvgIpc) is 3.19. The molecule has 0 bridgehead atoms. The van der Waals surface area contributed by atoms with Crippen LogP contribution in [0.3, 0.4) is 0 Å². The van der Waals surface area contributed by atoms with Crippen molar-refractivity contribution in [2.75, 3.05) is 6.54 Å². The standard InChI is InChI=1S/C22H20N2O4/c1-13-8-9-14(2)16(10-13)17(25)12-24-20(26)22(3,23-21(24)27)19-11-15-6-4-5-7-18(15)28-19/h4-11H,12H2,1-3H3,(H,23,27). The average molecular weight is 376 g/mol. The predicted octanol–water partition coefficient (Wildman–Crippen LogP) is 3.70. The van der Waals surface area contributed by atoms with Gasteiger partial charge in [-0.25, -0.2) is 4.79 Å². The molecule has 1 fully saturated rings. The molecular formula is C22H20N2O4. The van der Waals surface area contributed by atoms with Gasteiger partial charge >= 0.3 is 6.03 Å². The van der Waals surface area contributed by atoms with Gasteiger partial charge in [0, 0.05) is 10.9 Å².